The molecule has 16 heavy (non-hydrogen) atoms. The molecule has 0 aromatic heterocycles. The number of amides is 1. The molecule has 1 aromatic carbocycles. The molecule has 1 amide bonds. The zero-order valence-electron chi connectivity index (χ0n) is 8.29. The second-order valence-electron chi connectivity index (χ2n) is 3.24. The Morgan fingerprint density at radius 1 is 1.31 bits per heavy atom. The Bertz CT molecular complexity index is 351. The van der Waals surface area contributed by atoms with Crippen molar-refractivity contribution < 1.29 is 18.0 Å². The van der Waals surface area contributed by atoms with E-state index in [2.05, 4.69) is 5.32 Å². The van der Waals surface area contributed by atoms with Gasteiger partial charge in [-0.25, -0.2) is 0 Å². The lowest BCUT2D eigenvalue weighted by Gasteiger charge is -2.16. The third-order valence-corrected chi connectivity index (χ3v) is 1.92. The minimum absolute atomic E-state index is 0.416. The summed E-state index contributed by atoms with van der Waals surface area (Å²) in [6, 6.07) is 6.91. The Balaban J connectivity index is 2.74. The molecule has 0 radical (unpaired) electrons. The topological polar surface area (TPSA) is 55.1 Å². The predicted octanol–water partition coefficient (Wildman–Crippen LogP) is 1.36. The molecule has 0 heterocycles. The molecule has 1 unspecified atom stereocenters. The van der Waals surface area contributed by atoms with Gasteiger partial charge in [-0.3, -0.25) is 10.1 Å². The molecule has 88 valence electrons. The minimum Gasteiger partial charge on any atom is -0.368 e. The summed E-state index contributed by atoms with van der Waals surface area (Å²) >= 11 is 0. The number of halogens is 3. The maximum atomic E-state index is 12.0. The molecule has 0 bridgehead atoms. The summed E-state index contributed by atoms with van der Waals surface area (Å²) in [5.41, 5.74) is 5.45. The van der Waals surface area contributed by atoms with E-state index in [9.17, 15) is 18.0 Å². The molecule has 0 fully saturated rings. The van der Waals surface area contributed by atoms with Crippen molar-refractivity contribution in [3.8, 4) is 0 Å². The smallest absolute Gasteiger partial charge is 0.368 e. The number of nitrogens with one attached hydrogen (secondary N) is 1. The molecule has 0 aliphatic carbocycles. The minimum atomic E-state index is -4.37. The fourth-order valence-corrected chi connectivity index (χ4v) is 1.25. The summed E-state index contributed by atoms with van der Waals surface area (Å²) in [6.45, 7) is -1.25. The molecule has 3 nitrogen and oxygen atoms in total. The van der Waals surface area contributed by atoms with Gasteiger partial charge < -0.3 is 5.73 Å². The van der Waals surface area contributed by atoms with Crippen LogP contribution in [0.4, 0.5) is 13.2 Å². The van der Waals surface area contributed by atoms with Crippen LogP contribution >= 0.6 is 0 Å². The molecule has 0 aliphatic heterocycles. The molecule has 1 rings (SSSR count). The molecule has 6 heteroatoms. The van der Waals surface area contributed by atoms with E-state index in [1.165, 1.54) is 0 Å². The average molecular weight is 232 g/mol. The first-order valence-corrected chi connectivity index (χ1v) is 4.54. The molecular formula is C10H11F3N2O. The number of carbonyl (C=O) groups is 1. The highest BCUT2D eigenvalue weighted by Crippen LogP contribution is 2.17. The number of alkyl halides is 3. The van der Waals surface area contributed by atoms with Crippen LogP contribution in [0.5, 0.6) is 0 Å². The number of rotatable bonds is 4. The van der Waals surface area contributed by atoms with Gasteiger partial charge in [0.25, 0.3) is 0 Å². The number of nitrogens with two attached hydrogens (primary N) is 1. The Morgan fingerprint density at radius 2 is 1.88 bits per heavy atom. The first kappa shape index (κ1) is 12.5. The Kier molecular flexibility index (Phi) is 3.89. The summed E-state index contributed by atoms with van der Waals surface area (Å²) in [5.74, 6) is -0.838. The van der Waals surface area contributed by atoms with Gasteiger partial charge in [-0.15, -0.1) is 0 Å². The highest BCUT2D eigenvalue weighted by Gasteiger charge is 2.29. The first-order valence-electron chi connectivity index (χ1n) is 4.54. The van der Waals surface area contributed by atoms with Crippen LogP contribution in [0.2, 0.25) is 0 Å². The summed E-state index contributed by atoms with van der Waals surface area (Å²) in [4.78, 5) is 11.0. The number of benzene rings is 1. The van der Waals surface area contributed by atoms with Gasteiger partial charge in [-0.1, -0.05) is 30.3 Å². The second-order valence-corrected chi connectivity index (χ2v) is 3.24. The largest absolute Gasteiger partial charge is 0.401 e. The van der Waals surface area contributed by atoms with Gasteiger partial charge in [-0.2, -0.15) is 13.2 Å². The van der Waals surface area contributed by atoms with E-state index in [1.807, 2.05) is 0 Å². The van der Waals surface area contributed by atoms with Gasteiger partial charge in [0.2, 0.25) is 5.91 Å². The number of hydrogen-bond acceptors (Lipinski definition) is 2. The van der Waals surface area contributed by atoms with Crippen molar-refractivity contribution in [1.82, 2.24) is 5.32 Å². The van der Waals surface area contributed by atoms with E-state index in [0.29, 0.717) is 5.56 Å². The van der Waals surface area contributed by atoms with Crippen molar-refractivity contribution in [3.05, 3.63) is 35.9 Å². The zero-order chi connectivity index (χ0) is 12.2. The molecular weight excluding hydrogens is 221 g/mol. The maximum absolute atomic E-state index is 12.0. The summed E-state index contributed by atoms with van der Waals surface area (Å²) < 4.78 is 35.9. The van der Waals surface area contributed by atoms with Crippen molar-refractivity contribution >= 4 is 5.91 Å². The summed E-state index contributed by atoms with van der Waals surface area (Å²) in [6.07, 6.45) is -4.37. The van der Waals surface area contributed by atoms with Gasteiger partial charge in [0.15, 0.2) is 0 Å². The molecule has 1 atom stereocenters. The van der Waals surface area contributed by atoms with Crippen molar-refractivity contribution in [2.75, 3.05) is 6.54 Å². The van der Waals surface area contributed by atoms with Crippen LogP contribution in [-0.4, -0.2) is 18.6 Å². The van der Waals surface area contributed by atoms with Crippen LogP contribution in [0, 0.1) is 0 Å². The van der Waals surface area contributed by atoms with Crippen LogP contribution in [0.15, 0.2) is 30.3 Å². The van der Waals surface area contributed by atoms with Gasteiger partial charge in [0, 0.05) is 0 Å². The van der Waals surface area contributed by atoms with Gasteiger partial charge >= 0.3 is 6.18 Å². The molecule has 0 spiro atoms. The first-order chi connectivity index (χ1) is 7.40. The highest BCUT2D eigenvalue weighted by atomic mass is 19.4. The fourth-order valence-electron chi connectivity index (χ4n) is 1.25. The van der Waals surface area contributed by atoms with E-state index in [-0.39, 0.29) is 0 Å². The number of carbonyl (C=O) groups excluding carboxylic acids is 1. The van der Waals surface area contributed by atoms with E-state index in [4.69, 9.17) is 5.73 Å². The standard InChI is InChI=1S/C10H11F3N2O/c11-10(12,13)6-15-8(9(14)16)7-4-2-1-3-5-7/h1-5,8,15H,6H2,(H2,14,16). The van der Waals surface area contributed by atoms with Gasteiger partial charge in [-0.05, 0) is 5.56 Å². The van der Waals surface area contributed by atoms with E-state index in [1.54, 1.807) is 30.3 Å². The third kappa shape index (κ3) is 3.90. The molecule has 1 aromatic rings. The third-order valence-electron chi connectivity index (χ3n) is 1.92. The predicted molar refractivity (Wildman–Crippen MR) is 52.4 cm³/mol. The van der Waals surface area contributed by atoms with Crippen LogP contribution in [0.25, 0.3) is 0 Å². The van der Waals surface area contributed by atoms with E-state index < -0.39 is 24.7 Å². The monoisotopic (exact) mass is 232 g/mol. The lowest BCUT2D eigenvalue weighted by Crippen LogP contribution is -2.38. The van der Waals surface area contributed by atoms with Gasteiger partial charge in [0.05, 0.1) is 6.54 Å². The highest BCUT2D eigenvalue weighted by molar-refractivity contribution is 5.81. The van der Waals surface area contributed by atoms with Crippen LogP contribution in [0.3, 0.4) is 0 Å². The van der Waals surface area contributed by atoms with Crippen LogP contribution < -0.4 is 11.1 Å². The van der Waals surface area contributed by atoms with E-state index in [0.717, 1.165) is 0 Å². The van der Waals surface area contributed by atoms with Crippen molar-refractivity contribution in [1.29, 1.82) is 0 Å². The lowest BCUT2D eigenvalue weighted by atomic mass is 10.1. The van der Waals surface area contributed by atoms with Crippen LogP contribution in [-0.2, 0) is 4.79 Å². The Hall–Kier alpha value is -1.56. The van der Waals surface area contributed by atoms with E-state index >= 15 is 0 Å². The SMILES string of the molecule is NC(=O)C(NCC(F)(F)F)c1ccccc1. The second kappa shape index (κ2) is 4.98. The number of hydrogen-bond donors (Lipinski definition) is 2. The van der Waals surface area contributed by atoms with Crippen molar-refractivity contribution in [2.24, 2.45) is 5.73 Å². The Morgan fingerprint density at radius 3 is 2.31 bits per heavy atom. The Labute approximate surface area is 90.4 Å². The summed E-state index contributed by atoms with van der Waals surface area (Å²) in [5, 5.41) is 2.08. The fraction of sp³-hybridized carbons (Fsp3) is 0.300. The van der Waals surface area contributed by atoms with Crippen molar-refractivity contribution in [3.63, 3.8) is 0 Å². The summed E-state index contributed by atoms with van der Waals surface area (Å²) in [7, 11) is 0. The maximum Gasteiger partial charge on any atom is 0.401 e. The number of primary amides is 1. The molecule has 0 saturated heterocycles. The molecule has 0 saturated carbocycles. The van der Waals surface area contributed by atoms with Gasteiger partial charge in [0.1, 0.15) is 6.04 Å². The quantitative estimate of drug-likeness (QED) is 0.823. The normalized spacial score (nSPS) is 13.4. The lowest BCUT2D eigenvalue weighted by molar-refractivity contribution is -0.130. The zero-order valence-corrected chi connectivity index (χ0v) is 8.29. The van der Waals surface area contributed by atoms with Crippen LogP contribution in [0.1, 0.15) is 11.6 Å². The van der Waals surface area contributed by atoms with Crippen molar-refractivity contribution in [2.45, 2.75) is 12.2 Å². The average Bonchev–Trinajstić information content (AvgIpc) is 2.17. The molecule has 3 N–H and O–H groups in total. The molecule has 0 aliphatic rings.